The smallest absolute Gasteiger partial charge is 0.224 e. The molecule has 0 saturated carbocycles. The van der Waals surface area contributed by atoms with Crippen molar-refractivity contribution in [2.75, 3.05) is 5.32 Å². The van der Waals surface area contributed by atoms with E-state index in [-0.39, 0.29) is 28.8 Å². The average Bonchev–Trinajstić information content (AvgIpc) is 2.20. The molecule has 0 aliphatic heterocycles. The number of hydrogen-bond acceptors (Lipinski definition) is 2. The topological polar surface area (TPSA) is 46.2 Å². The van der Waals surface area contributed by atoms with E-state index in [0.717, 1.165) is 0 Å². The lowest BCUT2D eigenvalue weighted by Gasteiger charge is -2.08. The highest BCUT2D eigenvalue weighted by atomic mass is 35.5. The highest BCUT2D eigenvalue weighted by Crippen LogP contribution is 2.33. The van der Waals surface area contributed by atoms with Crippen LogP contribution in [0.15, 0.2) is 12.1 Å². The summed E-state index contributed by atoms with van der Waals surface area (Å²) in [6.45, 7) is 0. The molecule has 0 unspecified atom stereocenters. The standard InChI is InChI=1S/C10H8Cl3NO2/c11-6-4-7(12)10(8(13)5-6)14-9(16)2-1-3-15/h3-5H,1-2H2,(H,14,16). The SMILES string of the molecule is O=CCCC(=O)Nc1c(Cl)cc(Cl)cc1Cl. The number of anilines is 1. The first-order chi connectivity index (χ1) is 7.54. The molecule has 1 amide bonds. The maximum Gasteiger partial charge on any atom is 0.224 e. The van der Waals surface area contributed by atoms with Gasteiger partial charge in [-0.1, -0.05) is 34.8 Å². The molecule has 1 rings (SSSR count). The molecule has 0 saturated heterocycles. The minimum atomic E-state index is -0.321. The lowest BCUT2D eigenvalue weighted by atomic mass is 10.2. The van der Waals surface area contributed by atoms with Crippen molar-refractivity contribution in [3.63, 3.8) is 0 Å². The molecule has 0 aliphatic carbocycles. The summed E-state index contributed by atoms with van der Waals surface area (Å²) in [7, 11) is 0. The van der Waals surface area contributed by atoms with E-state index in [2.05, 4.69) is 5.32 Å². The second kappa shape index (κ2) is 6.09. The van der Waals surface area contributed by atoms with Crippen molar-refractivity contribution in [2.45, 2.75) is 12.8 Å². The summed E-state index contributed by atoms with van der Waals surface area (Å²) in [6, 6.07) is 2.95. The van der Waals surface area contributed by atoms with Gasteiger partial charge in [0, 0.05) is 17.9 Å². The summed E-state index contributed by atoms with van der Waals surface area (Å²) in [6.07, 6.45) is 0.929. The summed E-state index contributed by atoms with van der Waals surface area (Å²) >= 11 is 17.4. The Morgan fingerprint density at radius 1 is 1.25 bits per heavy atom. The highest BCUT2D eigenvalue weighted by molar-refractivity contribution is 6.42. The van der Waals surface area contributed by atoms with Gasteiger partial charge in [0.2, 0.25) is 5.91 Å². The molecule has 0 heterocycles. The first-order valence-electron chi connectivity index (χ1n) is 4.42. The van der Waals surface area contributed by atoms with E-state index in [1.165, 1.54) is 12.1 Å². The van der Waals surface area contributed by atoms with E-state index in [1.54, 1.807) is 0 Å². The Kier molecular flexibility index (Phi) is 5.06. The summed E-state index contributed by atoms with van der Waals surface area (Å²) in [5, 5.41) is 3.43. The summed E-state index contributed by atoms with van der Waals surface area (Å²) < 4.78 is 0. The van der Waals surface area contributed by atoms with Gasteiger partial charge in [0.15, 0.2) is 0 Å². The van der Waals surface area contributed by atoms with Gasteiger partial charge in [0.25, 0.3) is 0 Å². The molecule has 1 aromatic rings. The third kappa shape index (κ3) is 3.67. The Morgan fingerprint density at radius 2 is 1.81 bits per heavy atom. The fourth-order valence-electron chi connectivity index (χ4n) is 1.05. The van der Waals surface area contributed by atoms with Crippen molar-refractivity contribution in [3.8, 4) is 0 Å². The van der Waals surface area contributed by atoms with Gasteiger partial charge in [-0.15, -0.1) is 0 Å². The summed E-state index contributed by atoms with van der Waals surface area (Å²) in [5.74, 6) is -0.321. The van der Waals surface area contributed by atoms with Gasteiger partial charge in [-0.3, -0.25) is 4.79 Å². The Balaban J connectivity index is 2.81. The van der Waals surface area contributed by atoms with Crippen molar-refractivity contribution in [1.29, 1.82) is 0 Å². The molecule has 0 radical (unpaired) electrons. The van der Waals surface area contributed by atoms with E-state index < -0.39 is 0 Å². The second-order valence-electron chi connectivity index (χ2n) is 3.00. The van der Waals surface area contributed by atoms with Crippen LogP contribution in [0.4, 0.5) is 5.69 Å². The Morgan fingerprint density at radius 3 is 2.31 bits per heavy atom. The van der Waals surface area contributed by atoms with Crippen LogP contribution in [0.25, 0.3) is 0 Å². The van der Waals surface area contributed by atoms with Crippen LogP contribution in [0.3, 0.4) is 0 Å². The van der Waals surface area contributed by atoms with Crippen LogP contribution >= 0.6 is 34.8 Å². The van der Waals surface area contributed by atoms with Crippen molar-refractivity contribution in [3.05, 3.63) is 27.2 Å². The Hall–Kier alpha value is -0.770. The largest absolute Gasteiger partial charge is 0.324 e. The van der Waals surface area contributed by atoms with E-state index >= 15 is 0 Å². The van der Waals surface area contributed by atoms with E-state index in [4.69, 9.17) is 34.8 Å². The molecule has 86 valence electrons. The predicted molar refractivity (Wildman–Crippen MR) is 65.4 cm³/mol. The minimum Gasteiger partial charge on any atom is -0.324 e. The monoisotopic (exact) mass is 279 g/mol. The number of halogens is 3. The molecule has 0 aliphatic rings. The van der Waals surface area contributed by atoms with Gasteiger partial charge < -0.3 is 10.1 Å². The Labute approximate surface area is 108 Å². The number of rotatable bonds is 4. The second-order valence-corrected chi connectivity index (χ2v) is 4.25. The number of benzene rings is 1. The molecule has 1 N–H and O–H groups in total. The van der Waals surface area contributed by atoms with E-state index in [1.807, 2.05) is 0 Å². The zero-order chi connectivity index (χ0) is 12.1. The fourth-order valence-corrected chi connectivity index (χ4v) is 1.97. The molecule has 1 aromatic carbocycles. The first kappa shape index (κ1) is 13.3. The van der Waals surface area contributed by atoms with Gasteiger partial charge in [0.1, 0.15) is 6.29 Å². The number of carbonyl (C=O) groups is 2. The molecular formula is C10H8Cl3NO2. The van der Waals surface area contributed by atoms with Crippen molar-refractivity contribution >= 4 is 52.7 Å². The van der Waals surface area contributed by atoms with Crippen LogP contribution in [-0.2, 0) is 9.59 Å². The Bertz CT molecular complexity index is 398. The molecule has 0 fully saturated rings. The molecular weight excluding hydrogens is 272 g/mol. The van der Waals surface area contributed by atoms with Gasteiger partial charge in [-0.05, 0) is 12.1 Å². The van der Waals surface area contributed by atoms with Gasteiger partial charge >= 0.3 is 0 Å². The fraction of sp³-hybridized carbons (Fsp3) is 0.200. The van der Waals surface area contributed by atoms with Gasteiger partial charge in [-0.2, -0.15) is 0 Å². The van der Waals surface area contributed by atoms with Gasteiger partial charge in [-0.25, -0.2) is 0 Å². The molecule has 0 spiro atoms. The normalized spacial score (nSPS) is 9.94. The quantitative estimate of drug-likeness (QED) is 0.857. The third-order valence-electron chi connectivity index (χ3n) is 1.76. The predicted octanol–water partition coefficient (Wildman–Crippen LogP) is 3.56. The van der Waals surface area contributed by atoms with Crippen LogP contribution in [0.2, 0.25) is 15.1 Å². The van der Waals surface area contributed by atoms with Crippen LogP contribution < -0.4 is 5.32 Å². The zero-order valence-electron chi connectivity index (χ0n) is 8.10. The van der Waals surface area contributed by atoms with Crippen LogP contribution in [-0.4, -0.2) is 12.2 Å². The third-order valence-corrected chi connectivity index (χ3v) is 2.57. The molecule has 3 nitrogen and oxygen atoms in total. The molecule has 0 atom stereocenters. The van der Waals surface area contributed by atoms with Crippen molar-refractivity contribution in [2.24, 2.45) is 0 Å². The van der Waals surface area contributed by atoms with Crippen LogP contribution in [0, 0.1) is 0 Å². The van der Waals surface area contributed by atoms with Crippen LogP contribution in [0.1, 0.15) is 12.8 Å². The average molecular weight is 281 g/mol. The van der Waals surface area contributed by atoms with Crippen molar-refractivity contribution in [1.82, 2.24) is 0 Å². The number of nitrogens with one attached hydrogen (secondary N) is 1. The number of carbonyl (C=O) groups excluding carboxylic acids is 2. The highest BCUT2D eigenvalue weighted by Gasteiger charge is 2.10. The molecule has 6 heteroatoms. The van der Waals surface area contributed by atoms with E-state index in [0.29, 0.717) is 17.0 Å². The van der Waals surface area contributed by atoms with Crippen LogP contribution in [0.5, 0.6) is 0 Å². The summed E-state index contributed by atoms with van der Waals surface area (Å²) in [4.78, 5) is 21.4. The molecule has 0 bridgehead atoms. The maximum atomic E-state index is 11.3. The lowest BCUT2D eigenvalue weighted by Crippen LogP contribution is -2.12. The minimum absolute atomic E-state index is 0.0960. The number of hydrogen-bond donors (Lipinski definition) is 1. The number of aldehydes is 1. The van der Waals surface area contributed by atoms with Gasteiger partial charge in [0.05, 0.1) is 15.7 Å². The first-order valence-corrected chi connectivity index (χ1v) is 5.56. The zero-order valence-corrected chi connectivity index (χ0v) is 10.4. The van der Waals surface area contributed by atoms with Crippen molar-refractivity contribution < 1.29 is 9.59 Å². The number of amides is 1. The molecule has 16 heavy (non-hydrogen) atoms. The van der Waals surface area contributed by atoms with E-state index in [9.17, 15) is 9.59 Å². The maximum absolute atomic E-state index is 11.3. The summed E-state index contributed by atoms with van der Waals surface area (Å²) in [5.41, 5.74) is 0.309. The lowest BCUT2D eigenvalue weighted by molar-refractivity contribution is -0.118. The molecule has 0 aromatic heterocycles.